The van der Waals surface area contributed by atoms with Crippen LogP contribution in [0.25, 0.3) is 0 Å². The van der Waals surface area contributed by atoms with Crippen molar-refractivity contribution < 1.29 is 27.5 Å². The van der Waals surface area contributed by atoms with E-state index < -0.39 is 21.4 Å². The summed E-state index contributed by atoms with van der Waals surface area (Å²) in [6, 6.07) is 2.50. The van der Waals surface area contributed by atoms with Crippen LogP contribution in [0.2, 0.25) is 5.02 Å². The van der Waals surface area contributed by atoms with E-state index in [9.17, 15) is 18.0 Å². The quantitative estimate of drug-likeness (QED) is 0.223. The average Bonchev–Trinajstić information content (AvgIpc) is 2.47. The van der Waals surface area contributed by atoms with Crippen molar-refractivity contribution in [2.75, 3.05) is 12.9 Å². The molecular formula is C17H21ClO6S. The van der Waals surface area contributed by atoms with Gasteiger partial charge in [-0.05, 0) is 39.8 Å². The van der Waals surface area contributed by atoms with E-state index >= 15 is 0 Å². The lowest BCUT2D eigenvalue weighted by Crippen LogP contribution is -2.15. The predicted molar refractivity (Wildman–Crippen MR) is 95.0 cm³/mol. The SMILES string of the molecule is CCO/C=C(/C(C)=O)C(=O)c1ccc(S(C)(=O)=O)c(OC(C)C)c1Cl. The molecule has 0 aliphatic heterocycles. The molecule has 1 rings (SSSR count). The van der Waals surface area contributed by atoms with Gasteiger partial charge >= 0.3 is 0 Å². The number of benzene rings is 1. The minimum absolute atomic E-state index is 0.0362. The molecule has 0 spiro atoms. The largest absolute Gasteiger partial charge is 0.501 e. The fourth-order valence-corrected chi connectivity index (χ4v) is 3.11. The number of Topliss-reactive ketones (excluding diaryl/α,β-unsaturated/α-hetero) is 2. The number of sulfone groups is 1. The highest BCUT2D eigenvalue weighted by molar-refractivity contribution is 7.90. The first kappa shape index (κ1) is 21.2. The number of carbonyl (C=O) groups is 2. The van der Waals surface area contributed by atoms with Gasteiger partial charge in [0.2, 0.25) is 5.78 Å². The van der Waals surface area contributed by atoms with Gasteiger partial charge in [0.15, 0.2) is 21.4 Å². The van der Waals surface area contributed by atoms with Crippen molar-refractivity contribution in [2.24, 2.45) is 0 Å². The Morgan fingerprint density at radius 2 is 1.88 bits per heavy atom. The van der Waals surface area contributed by atoms with Crippen molar-refractivity contribution in [2.45, 2.75) is 38.7 Å². The van der Waals surface area contributed by atoms with Crippen molar-refractivity contribution in [1.82, 2.24) is 0 Å². The monoisotopic (exact) mass is 388 g/mol. The molecule has 0 aromatic heterocycles. The summed E-state index contributed by atoms with van der Waals surface area (Å²) in [6.07, 6.45) is 1.73. The van der Waals surface area contributed by atoms with Gasteiger partial charge in [0, 0.05) is 11.8 Å². The van der Waals surface area contributed by atoms with Crippen molar-refractivity contribution in [3.63, 3.8) is 0 Å². The summed E-state index contributed by atoms with van der Waals surface area (Å²) in [5.41, 5.74) is -0.225. The van der Waals surface area contributed by atoms with E-state index in [0.29, 0.717) is 0 Å². The fourth-order valence-electron chi connectivity index (χ4n) is 1.96. The molecule has 25 heavy (non-hydrogen) atoms. The van der Waals surface area contributed by atoms with Crippen LogP contribution in [-0.2, 0) is 19.4 Å². The van der Waals surface area contributed by atoms with Gasteiger partial charge in [-0.1, -0.05) is 11.6 Å². The van der Waals surface area contributed by atoms with Gasteiger partial charge in [0.1, 0.15) is 4.90 Å². The van der Waals surface area contributed by atoms with E-state index in [1.54, 1.807) is 20.8 Å². The third kappa shape index (κ3) is 5.31. The summed E-state index contributed by atoms with van der Waals surface area (Å²) >= 11 is 6.25. The smallest absolute Gasteiger partial charge is 0.201 e. The zero-order chi connectivity index (χ0) is 19.4. The Bertz CT molecular complexity index is 809. The fraction of sp³-hybridized carbons (Fsp3) is 0.412. The van der Waals surface area contributed by atoms with Crippen molar-refractivity contribution in [1.29, 1.82) is 0 Å². The molecule has 0 amide bonds. The molecule has 8 heteroatoms. The Morgan fingerprint density at radius 1 is 1.28 bits per heavy atom. The third-order valence-corrected chi connectivity index (χ3v) is 4.55. The molecule has 0 saturated heterocycles. The molecule has 0 bridgehead atoms. The Labute approximate surface area is 152 Å². The lowest BCUT2D eigenvalue weighted by molar-refractivity contribution is -0.113. The normalized spacial score (nSPS) is 12.2. The zero-order valence-corrected chi connectivity index (χ0v) is 16.3. The molecule has 0 N–H and O–H groups in total. The number of hydrogen-bond acceptors (Lipinski definition) is 6. The minimum Gasteiger partial charge on any atom is -0.501 e. The summed E-state index contributed by atoms with van der Waals surface area (Å²) in [7, 11) is -3.62. The first-order valence-corrected chi connectivity index (χ1v) is 9.84. The van der Waals surface area contributed by atoms with Gasteiger partial charge in [-0.15, -0.1) is 0 Å². The maximum atomic E-state index is 12.7. The number of hydrogen-bond donors (Lipinski definition) is 0. The van der Waals surface area contributed by atoms with Crippen molar-refractivity contribution >= 4 is 33.0 Å². The average molecular weight is 389 g/mol. The van der Waals surface area contributed by atoms with Crippen LogP contribution in [0.3, 0.4) is 0 Å². The minimum atomic E-state index is -3.62. The Morgan fingerprint density at radius 3 is 2.32 bits per heavy atom. The van der Waals surface area contributed by atoms with Gasteiger partial charge in [-0.2, -0.15) is 0 Å². The maximum Gasteiger partial charge on any atom is 0.201 e. The number of ketones is 2. The summed E-state index contributed by atoms with van der Waals surface area (Å²) < 4.78 is 34.4. The van der Waals surface area contributed by atoms with E-state index in [1.807, 2.05) is 0 Å². The Kier molecular flexibility index (Phi) is 7.19. The standard InChI is InChI=1S/C17H21ClO6S/c1-6-23-9-13(11(4)19)16(20)12-7-8-14(25(5,21)22)17(15(12)18)24-10(2)3/h7-10H,6H2,1-5H3/b13-9-. The van der Waals surface area contributed by atoms with Gasteiger partial charge < -0.3 is 9.47 Å². The zero-order valence-electron chi connectivity index (χ0n) is 14.8. The molecule has 0 heterocycles. The first-order chi connectivity index (χ1) is 11.5. The van der Waals surface area contributed by atoms with Crippen molar-refractivity contribution in [3.8, 4) is 5.75 Å². The van der Waals surface area contributed by atoms with Gasteiger partial charge in [0.05, 0.1) is 29.6 Å². The van der Waals surface area contributed by atoms with Crippen LogP contribution < -0.4 is 4.74 Å². The van der Waals surface area contributed by atoms with Gasteiger partial charge in [0.25, 0.3) is 0 Å². The van der Waals surface area contributed by atoms with Crippen LogP contribution in [0.1, 0.15) is 38.1 Å². The van der Waals surface area contributed by atoms with Crippen LogP contribution in [0.4, 0.5) is 0 Å². The van der Waals surface area contributed by atoms with Crippen LogP contribution in [0, 0.1) is 0 Å². The molecule has 1 aromatic rings. The maximum absolute atomic E-state index is 12.7. The molecule has 0 radical (unpaired) electrons. The summed E-state index contributed by atoms with van der Waals surface area (Å²) in [5.74, 6) is -1.27. The number of halogens is 1. The van der Waals surface area contributed by atoms with Gasteiger partial charge in [-0.25, -0.2) is 8.42 Å². The third-order valence-electron chi connectivity index (χ3n) is 3.05. The molecule has 0 unspecified atom stereocenters. The van der Waals surface area contributed by atoms with Crippen LogP contribution in [0.5, 0.6) is 5.75 Å². The van der Waals surface area contributed by atoms with E-state index in [-0.39, 0.29) is 39.5 Å². The van der Waals surface area contributed by atoms with Crippen LogP contribution >= 0.6 is 11.6 Å². The molecule has 0 aliphatic carbocycles. The number of allylic oxidation sites excluding steroid dienone is 1. The number of ether oxygens (including phenoxy) is 2. The Balaban J connectivity index is 3.57. The second-order valence-electron chi connectivity index (χ2n) is 5.57. The Hall–Kier alpha value is -1.86. The molecule has 138 valence electrons. The molecule has 6 nitrogen and oxygen atoms in total. The van der Waals surface area contributed by atoms with Crippen LogP contribution in [0.15, 0.2) is 28.9 Å². The van der Waals surface area contributed by atoms with Gasteiger partial charge in [-0.3, -0.25) is 9.59 Å². The predicted octanol–water partition coefficient (Wildman–Crippen LogP) is 3.22. The summed E-state index contributed by atoms with van der Waals surface area (Å²) in [4.78, 5) is 24.3. The number of rotatable bonds is 8. The molecule has 0 atom stereocenters. The second-order valence-corrected chi connectivity index (χ2v) is 7.93. The van der Waals surface area contributed by atoms with E-state index in [2.05, 4.69) is 0 Å². The highest BCUT2D eigenvalue weighted by Crippen LogP contribution is 2.37. The lowest BCUT2D eigenvalue weighted by Gasteiger charge is -2.17. The topological polar surface area (TPSA) is 86.7 Å². The molecule has 1 aromatic carbocycles. The second kappa shape index (κ2) is 8.49. The van der Waals surface area contributed by atoms with Crippen LogP contribution in [-0.4, -0.2) is 39.0 Å². The molecular weight excluding hydrogens is 368 g/mol. The molecule has 0 saturated carbocycles. The number of carbonyl (C=O) groups excluding carboxylic acids is 2. The lowest BCUT2D eigenvalue weighted by atomic mass is 10.0. The van der Waals surface area contributed by atoms with Crippen molar-refractivity contribution in [3.05, 3.63) is 34.6 Å². The molecule has 0 aliphatic rings. The summed E-state index contributed by atoms with van der Waals surface area (Å²) in [5, 5.41) is -0.162. The summed E-state index contributed by atoms with van der Waals surface area (Å²) in [6.45, 7) is 6.63. The molecule has 0 fully saturated rings. The highest BCUT2D eigenvalue weighted by atomic mass is 35.5. The van der Waals surface area contributed by atoms with E-state index in [1.165, 1.54) is 19.1 Å². The van der Waals surface area contributed by atoms with E-state index in [0.717, 1.165) is 12.5 Å². The first-order valence-electron chi connectivity index (χ1n) is 7.57. The highest BCUT2D eigenvalue weighted by Gasteiger charge is 2.26. The van der Waals surface area contributed by atoms with E-state index in [4.69, 9.17) is 21.1 Å².